The molecule has 0 amide bonds. The minimum atomic E-state index is -0.375. The molecule has 0 saturated carbocycles. The summed E-state index contributed by atoms with van der Waals surface area (Å²) in [5.74, 6) is 2.35. The molecule has 5 aliphatic rings. The number of hydrogen-bond donors (Lipinski definition) is 1. The molecule has 0 radical (unpaired) electrons. The Bertz CT molecular complexity index is 2440. The Morgan fingerprint density at radius 2 is 1.52 bits per heavy atom. The third-order valence-electron chi connectivity index (χ3n) is 11.2. The molecule has 4 unspecified atom stereocenters. The fourth-order valence-corrected chi connectivity index (χ4v) is 8.46. The van der Waals surface area contributed by atoms with Crippen LogP contribution in [0.25, 0.3) is 22.8 Å². The van der Waals surface area contributed by atoms with Crippen LogP contribution < -0.4 is 5.32 Å². The summed E-state index contributed by atoms with van der Waals surface area (Å²) in [6, 6.07) is 35.2. The minimum Gasteiger partial charge on any atom is -0.328 e. The smallest absolute Gasteiger partial charge is 0.162 e. The van der Waals surface area contributed by atoms with Crippen LogP contribution in [0.2, 0.25) is 0 Å². The number of nitrogens with one attached hydrogen (secondary N) is 1. The highest BCUT2D eigenvalue weighted by Gasteiger charge is 2.43. The molecule has 1 spiro atoms. The van der Waals surface area contributed by atoms with Gasteiger partial charge in [0, 0.05) is 17.4 Å². The number of fused-ring (bicyclic) bond motifs is 7. The minimum absolute atomic E-state index is 0.219. The molecule has 4 aromatic carbocycles. The van der Waals surface area contributed by atoms with E-state index in [1.165, 1.54) is 50.1 Å². The number of benzene rings is 4. The van der Waals surface area contributed by atoms with E-state index in [9.17, 15) is 0 Å². The molecule has 4 aromatic rings. The van der Waals surface area contributed by atoms with E-state index in [1.807, 2.05) is 6.07 Å². The average Bonchev–Trinajstić information content (AvgIpc) is 3.56. The molecule has 3 heteroatoms. The van der Waals surface area contributed by atoms with Crippen molar-refractivity contribution in [1.82, 2.24) is 5.32 Å². The van der Waals surface area contributed by atoms with Crippen molar-refractivity contribution in [2.75, 3.05) is 0 Å². The van der Waals surface area contributed by atoms with Crippen molar-refractivity contribution < 1.29 is 0 Å². The van der Waals surface area contributed by atoms with Crippen LogP contribution in [0.5, 0.6) is 0 Å². The molecule has 1 heterocycles. The Kier molecular flexibility index (Phi) is 9.06. The number of amidine groups is 2. The van der Waals surface area contributed by atoms with Gasteiger partial charge in [-0.3, -0.25) is 0 Å². The Labute approximate surface area is 319 Å². The van der Waals surface area contributed by atoms with Gasteiger partial charge in [0.05, 0.1) is 5.41 Å². The quantitative estimate of drug-likeness (QED) is 0.200. The monoisotopic (exact) mass is 697 g/mol. The number of rotatable bonds is 6. The highest BCUT2D eigenvalue weighted by atomic mass is 15.2. The summed E-state index contributed by atoms with van der Waals surface area (Å²) >= 11 is 0. The first-order valence-electron chi connectivity index (χ1n) is 19.1. The lowest BCUT2D eigenvalue weighted by Gasteiger charge is -2.31. The van der Waals surface area contributed by atoms with Crippen molar-refractivity contribution in [3.05, 3.63) is 227 Å². The molecular weight excluding hydrogens is 655 g/mol. The Hall–Kier alpha value is -6.32. The van der Waals surface area contributed by atoms with E-state index < -0.39 is 0 Å². The predicted molar refractivity (Wildman–Crippen MR) is 227 cm³/mol. The van der Waals surface area contributed by atoms with Gasteiger partial charge in [-0.1, -0.05) is 188 Å². The van der Waals surface area contributed by atoms with Gasteiger partial charge >= 0.3 is 0 Å². The van der Waals surface area contributed by atoms with Crippen molar-refractivity contribution in [2.45, 2.75) is 31.3 Å². The second-order valence-corrected chi connectivity index (χ2v) is 14.5. The second-order valence-electron chi connectivity index (χ2n) is 14.5. The first-order valence-corrected chi connectivity index (χ1v) is 19.1. The standard InChI is InChI=1S/C51H43N3/c1-36(18-16-30-48-52-49(38-21-7-4-8-22-38)54-50(53-48)39-23-9-5-10-24-39)40-25-17-26-41(34-40)42-31-32-47-44(35-42)43-27-12-14-29-46(43)51(47)33-15-3-2-6-19-37-20-11-13-28-45(37)51/h2-23,26-35,39-40,48H,24-25H2,1H3,(H,52,53,54)/b3-2-,19-6+,30-16+,33-15+,36-18+. The van der Waals surface area contributed by atoms with Gasteiger partial charge in [-0.15, -0.1) is 0 Å². The number of allylic oxidation sites excluding steroid dienone is 15. The summed E-state index contributed by atoms with van der Waals surface area (Å²) in [4.78, 5) is 10.0. The largest absolute Gasteiger partial charge is 0.328 e. The van der Waals surface area contributed by atoms with E-state index in [2.05, 4.69) is 200 Å². The van der Waals surface area contributed by atoms with Crippen molar-refractivity contribution in [3.63, 3.8) is 0 Å². The second kappa shape index (κ2) is 14.6. The van der Waals surface area contributed by atoms with Gasteiger partial charge in [0.2, 0.25) is 0 Å². The molecule has 4 atom stereocenters. The van der Waals surface area contributed by atoms with E-state index in [-0.39, 0.29) is 17.5 Å². The molecule has 262 valence electrons. The topological polar surface area (TPSA) is 36.8 Å². The zero-order chi connectivity index (χ0) is 36.3. The van der Waals surface area contributed by atoms with Crippen LogP contribution in [0.1, 0.15) is 53.1 Å². The van der Waals surface area contributed by atoms with Crippen LogP contribution in [0.15, 0.2) is 204 Å². The lowest BCUT2D eigenvalue weighted by atomic mass is 9.70. The fraction of sp³-hybridized carbons (Fsp3) is 0.137. The third kappa shape index (κ3) is 6.26. The molecule has 0 aromatic heterocycles. The molecule has 3 nitrogen and oxygen atoms in total. The van der Waals surface area contributed by atoms with Crippen molar-refractivity contribution >= 4 is 23.3 Å². The van der Waals surface area contributed by atoms with E-state index in [0.29, 0.717) is 5.92 Å². The van der Waals surface area contributed by atoms with Crippen molar-refractivity contribution in [3.8, 4) is 11.1 Å². The van der Waals surface area contributed by atoms with Crippen molar-refractivity contribution in [2.24, 2.45) is 21.8 Å². The Morgan fingerprint density at radius 1 is 0.704 bits per heavy atom. The lowest BCUT2D eigenvalue weighted by Crippen LogP contribution is -2.40. The fourth-order valence-electron chi connectivity index (χ4n) is 8.46. The van der Waals surface area contributed by atoms with E-state index >= 15 is 0 Å². The van der Waals surface area contributed by atoms with Gasteiger partial charge in [-0.25, -0.2) is 9.98 Å². The maximum atomic E-state index is 5.03. The highest BCUT2D eigenvalue weighted by molar-refractivity contribution is 6.11. The Balaban J connectivity index is 1.02. The van der Waals surface area contributed by atoms with Crippen LogP contribution >= 0.6 is 0 Å². The molecule has 9 rings (SSSR count). The van der Waals surface area contributed by atoms with E-state index in [0.717, 1.165) is 30.1 Å². The predicted octanol–water partition coefficient (Wildman–Crippen LogP) is 11.5. The Morgan fingerprint density at radius 3 is 2.41 bits per heavy atom. The molecule has 4 aliphatic carbocycles. The summed E-state index contributed by atoms with van der Waals surface area (Å²) in [5, 5.41) is 3.53. The van der Waals surface area contributed by atoms with Gasteiger partial charge < -0.3 is 5.32 Å². The molecule has 0 bridgehead atoms. The van der Waals surface area contributed by atoms with Gasteiger partial charge in [-0.2, -0.15) is 0 Å². The summed E-state index contributed by atoms with van der Waals surface area (Å²) in [6.45, 7) is 2.24. The van der Waals surface area contributed by atoms with Gasteiger partial charge in [0.25, 0.3) is 0 Å². The van der Waals surface area contributed by atoms with E-state index in [4.69, 9.17) is 9.98 Å². The van der Waals surface area contributed by atoms with Crippen molar-refractivity contribution in [1.29, 1.82) is 0 Å². The summed E-state index contributed by atoms with van der Waals surface area (Å²) < 4.78 is 0. The van der Waals surface area contributed by atoms with Crippen LogP contribution in [-0.2, 0) is 5.41 Å². The van der Waals surface area contributed by atoms with Gasteiger partial charge in [0.1, 0.15) is 11.7 Å². The molecule has 54 heavy (non-hydrogen) atoms. The molecule has 0 saturated heterocycles. The maximum Gasteiger partial charge on any atom is 0.162 e. The summed E-state index contributed by atoms with van der Waals surface area (Å²) in [5.41, 5.74) is 12.3. The zero-order valence-electron chi connectivity index (χ0n) is 30.5. The van der Waals surface area contributed by atoms with Gasteiger partial charge in [0.15, 0.2) is 6.17 Å². The zero-order valence-corrected chi connectivity index (χ0v) is 30.5. The normalized spacial score (nSPS) is 25.6. The molecule has 1 aliphatic heterocycles. The first-order chi connectivity index (χ1) is 26.7. The number of aliphatic imine (C=N–C) groups is 2. The highest BCUT2D eigenvalue weighted by Crippen LogP contribution is 2.55. The van der Waals surface area contributed by atoms with Crippen LogP contribution in [0.4, 0.5) is 0 Å². The SMILES string of the molecule is C/C(=C\C=C\C1N=C(c2ccccc2)NC(C2C=CC=CC2)=N1)C1C=C(c2ccc3c(c2)-c2ccccc2C32/C=C/C=C\C=C\c3ccccc32)C=CC1. The van der Waals surface area contributed by atoms with Crippen LogP contribution in [-0.4, -0.2) is 17.8 Å². The average molecular weight is 698 g/mol. The third-order valence-corrected chi connectivity index (χ3v) is 11.2. The van der Waals surface area contributed by atoms with E-state index in [1.54, 1.807) is 0 Å². The van der Waals surface area contributed by atoms with Crippen LogP contribution in [0.3, 0.4) is 0 Å². The van der Waals surface area contributed by atoms with Crippen LogP contribution in [0, 0.1) is 11.8 Å². The number of hydrogen-bond acceptors (Lipinski definition) is 3. The maximum absolute atomic E-state index is 5.03. The molecule has 1 N–H and O–H groups in total. The first kappa shape index (κ1) is 33.5. The number of nitrogens with zero attached hydrogens (tertiary/aromatic N) is 2. The summed E-state index contributed by atoms with van der Waals surface area (Å²) in [7, 11) is 0. The molecule has 0 fully saturated rings. The lowest BCUT2D eigenvalue weighted by molar-refractivity contribution is 0.767. The van der Waals surface area contributed by atoms with Gasteiger partial charge in [-0.05, 0) is 76.4 Å². The summed E-state index contributed by atoms with van der Waals surface area (Å²) in [6.07, 6.45) is 37.0. The molecular formula is C51H43N3.